The Labute approximate surface area is 153 Å². The van der Waals surface area contributed by atoms with E-state index in [4.69, 9.17) is 11.0 Å². The molecule has 0 fully saturated rings. The van der Waals surface area contributed by atoms with Gasteiger partial charge in [-0.2, -0.15) is 5.26 Å². The second-order valence-electron chi connectivity index (χ2n) is 6.45. The van der Waals surface area contributed by atoms with Gasteiger partial charge in [0, 0.05) is 38.0 Å². The fourth-order valence-corrected chi connectivity index (χ4v) is 4.30. The highest BCUT2D eigenvalue weighted by atomic mass is 32.1. The predicted molar refractivity (Wildman–Crippen MR) is 108 cm³/mol. The summed E-state index contributed by atoms with van der Waals surface area (Å²) in [6.07, 6.45) is 0. The maximum atomic E-state index is 12.5. The number of H-pyrrole nitrogens is 1. The number of nitrogens with two attached hydrogens (primary N) is 1. The monoisotopic (exact) mass is 360 g/mol. The molecule has 0 saturated heterocycles. The van der Waals surface area contributed by atoms with Crippen molar-refractivity contribution in [1.82, 2.24) is 4.98 Å². The van der Waals surface area contributed by atoms with E-state index in [1.165, 1.54) is 11.3 Å². The van der Waals surface area contributed by atoms with E-state index in [2.05, 4.69) is 16.0 Å². The van der Waals surface area contributed by atoms with Gasteiger partial charge in [0.05, 0.1) is 11.6 Å². The van der Waals surface area contributed by atoms with Crippen molar-refractivity contribution < 1.29 is 0 Å². The number of aliphatic imine (C=N–C) groups is 1. The number of fused-ring (bicyclic) bond motifs is 5. The molecule has 2 heterocycles. The average molecular weight is 360 g/mol. The number of nitrogens with zero attached hydrogens (tertiary/aromatic N) is 2. The summed E-state index contributed by atoms with van der Waals surface area (Å²) in [5.74, 6) is 0.479. The number of amidine groups is 1. The standard InChI is InChI=1S/C20H16N4OS/c1-10(2)23-19(22)12-4-6-15-14(8-12)17-13-5-3-11(9-21)7-16(13)26-18(17)20(25)24-15/h3-8,10H,1-2H3,(H2,22,23)(H,24,25). The van der Waals surface area contributed by atoms with Gasteiger partial charge in [-0.15, -0.1) is 11.3 Å². The first kappa shape index (κ1) is 16.3. The van der Waals surface area contributed by atoms with E-state index in [0.29, 0.717) is 16.1 Å². The Morgan fingerprint density at radius 1 is 1.23 bits per heavy atom. The molecule has 0 saturated carbocycles. The fraction of sp³-hybridized carbons (Fsp3) is 0.150. The zero-order chi connectivity index (χ0) is 18.4. The Kier molecular flexibility index (Phi) is 3.74. The summed E-state index contributed by atoms with van der Waals surface area (Å²) in [5.41, 5.74) is 8.18. The van der Waals surface area contributed by atoms with E-state index in [9.17, 15) is 4.79 Å². The van der Waals surface area contributed by atoms with Crippen LogP contribution in [0.3, 0.4) is 0 Å². The van der Waals surface area contributed by atoms with Gasteiger partial charge >= 0.3 is 0 Å². The van der Waals surface area contributed by atoms with Crippen molar-refractivity contribution in [1.29, 1.82) is 5.26 Å². The van der Waals surface area contributed by atoms with E-state index in [1.54, 1.807) is 6.07 Å². The zero-order valence-electron chi connectivity index (χ0n) is 14.3. The van der Waals surface area contributed by atoms with Crippen LogP contribution in [0.1, 0.15) is 25.0 Å². The minimum Gasteiger partial charge on any atom is -0.383 e. The molecular formula is C20H16N4OS. The molecule has 5 nitrogen and oxygen atoms in total. The molecule has 0 unspecified atom stereocenters. The normalized spacial score (nSPS) is 12.3. The van der Waals surface area contributed by atoms with E-state index in [-0.39, 0.29) is 11.6 Å². The summed E-state index contributed by atoms with van der Waals surface area (Å²) in [4.78, 5) is 19.9. The first-order chi connectivity index (χ1) is 12.5. The smallest absolute Gasteiger partial charge is 0.266 e. The number of hydrogen-bond acceptors (Lipinski definition) is 4. The van der Waals surface area contributed by atoms with Gasteiger partial charge in [0.25, 0.3) is 5.56 Å². The molecule has 0 atom stereocenters. The van der Waals surface area contributed by atoms with Crippen LogP contribution in [0.2, 0.25) is 0 Å². The topological polar surface area (TPSA) is 95.0 Å². The van der Waals surface area contributed by atoms with Crippen molar-refractivity contribution in [2.75, 3.05) is 0 Å². The number of aromatic nitrogens is 1. The molecule has 0 aliphatic heterocycles. The van der Waals surface area contributed by atoms with Gasteiger partial charge in [0.1, 0.15) is 10.5 Å². The summed E-state index contributed by atoms with van der Waals surface area (Å²) in [6, 6.07) is 13.5. The van der Waals surface area contributed by atoms with Crippen LogP contribution in [0.4, 0.5) is 0 Å². The zero-order valence-corrected chi connectivity index (χ0v) is 15.1. The molecule has 0 aliphatic carbocycles. The highest BCUT2D eigenvalue weighted by molar-refractivity contribution is 7.26. The number of nitriles is 1. The summed E-state index contributed by atoms with van der Waals surface area (Å²) >= 11 is 1.40. The van der Waals surface area contributed by atoms with Crippen LogP contribution < -0.4 is 11.3 Å². The molecule has 0 spiro atoms. The average Bonchev–Trinajstić information content (AvgIpc) is 3.00. The third kappa shape index (κ3) is 2.54. The van der Waals surface area contributed by atoms with Crippen molar-refractivity contribution in [3.63, 3.8) is 0 Å². The van der Waals surface area contributed by atoms with Crippen molar-refractivity contribution in [2.45, 2.75) is 19.9 Å². The van der Waals surface area contributed by atoms with Crippen LogP contribution in [0.5, 0.6) is 0 Å². The molecule has 0 aliphatic rings. The molecule has 3 N–H and O–H groups in total. The van der Waals surface area contributed by atoms with Gasteiger partial charge < -0.3 is 10.7 Å². The van der Waals surface area contributed by atoms with Gasteiger partial charge in [0.2, 0.25) is 0 Å². The quantitative estimate of drug-likeness (QED) is 0.419. The van der Waals surface area contributed by atoms with Crippen LogP contribution in [0, 0.1) is 11.3 Å². The molecule has 2 aromatic carbocycles. The van der Waals surface area contributed by atoms with E-state index >= 15 is 0 Å². The van der Waals surface area contributed by atoms with Crippen molar-refractivity contribution in [3.8, 4) is 6.07 Å². The highest BCUT2D eigenvalue weighted by Crippen LogP contribution is 2.36. The summed E-state index contributed by atoms with van der Waals surface area (Å²) in [5, 5.41) is 11.9. The minimum absolute atomic E-state index is 0.104. The molecule has 0 radical (unpaired) electrons. The second kappa shape index (κ2) is 5.97. The van der Waals surface area contributed by atoms with E-state index < -0.39 is 0 Å². The largest absolute Gasteiger partial charge is 0.383 e. The Balaban J connectivity index is 2.12. The van der Waals surface area contributed by atoms with Gasteiger partial charge in [-0.1, -0.05) is 6.07 Å². The fourth-order valence-electron chi connectivity index (χ4n) is 3.14. The Bertz CT molecular complexity index is 1300. The van der Waals surface area contributed by atoms with Gasteiger partial charge in [-0.05, 0) is 44.2 Å². The van der Waals surface area contributed by atoms with Crippen LogP contribution in [0.15, 0.2) is 46.2 Å². The van der Waals surface area contributed by atoms with E-state index in [0.717, 1.165) is 31.9 Å². The van der Waals surface area contributed by atoms with Crippen molar-refractivity contribution >= 4 is 48.2 Å². The van der Waals surface area contributed by atoms with Crippen LogP contribution in [0.25, 0.3) is 31.1 Å². The predicted octanol–water partition coefficient (Wildman–Crippen LogP) is 3.88. The van der Waals surface area contributed by atoms with E-state index in [1.807, 2.05) is 44.2 Å². The number of nitrogens with one attached hydrogen (secondary N) is 1. The summed E-state index contributed by atoms with van der Waals surface area (Å²) in [7, 11) is 0. The van der Waals surface area contributed by atoms with Crippen molar-refractivity contribution in [2.24, 2.45) is 10.7 Å². The summed E-state index contributed by atoms with van der Waals surface area (Å²) in [6.45, 7) is 3.95. The number of hydrogen-bond donors (Lipinski definition) is 2. The molecule has 4 rings (SSSR count). The molecule has 26 heavy (non-hydrogen) atoms. The second-order valence-corrected chi connectivity index (χ2v) is 7.50. The number of aromatic amines is 1. The van der Waals surface area contributed by atoms with Gasteiger partial charge in [-0.25, -0.2) is 0 Å². The SMILES string of the molecule is CC(C)N=C(N)c1ccc2[nH]c(=O)c3sc4cc(C#N)ccc4c3c2c1. The molecule has 0 amide bonds. The van der Waals surface area contributed by atoms with Gasteiger partial charge in [0.15, 0.2) is 0 Å². The third-order valence-electron chi connectivity index (χ3n) is 4.26. The molecule has 4 aromatic rings. The maximum Gasteiger partial charge on any atom is 0.266 e. The van der Waals surface area contributed by atoms with Gasteiger partial charge in [-0.3, -0.25) is 9.79 Å². The maximum absolute atomic E-state index is 12.5. The number of pyridine rings is 1. The Morgan fingerprint density at radius 3 is 2.77 bits per heavy atom. The molecule has 2 aromatic heterocycles. The lowest BCUT2D eigenvalue weighted by Gasteiger charge is -2.06. The molecule has 0 bridgehead atoms. The molecule has 6 heteroatoms. The highest BCUT2D eigenvalue weighted by Gasteiger charge is 2.14. The van der Waals surface area contributed by atoms with Crippen molar-refractivity contribution in [3.05, 3.63) is 57.9 Å². The minimum atomic E-state index is -0.122. The number of benzene rings is 2. The third-order valence-corrected chi connectivity index (χ3v) is 5.41. The molecular weight excluding hydrogens is 344 g/mol. The molecule has 128 valence electrons. The summed E-state index contributed by atoms with van der Waals surface area (Å²) < 4.78 is 1.57. The lowest BCUT2D eigenvalue weighted by molar-refractivity contribution is 0.834. The Morgan fingerprint density at radius 2 is 2.04 bits per heavy atom. The van der Waals surface area contributed by atoms with Crippen LogP contribution in [-0.2, 0) is 0 Å². The lowest BCUT2D eigenvalue weighted by atomic mass is 10.0. The van der Waals surface area contributed by atoms with Crippen LogP contribution >= 0.6 is 11.3 Å². The Hall–Kier alpha value is -3.17. The first-order valence-corrected chi connectivity index (χ1v) is 9.05. The first-order valence-electron chi connectivity index (χ1n) is 8.24. The number of rotatable bonds is 2. The van der Waals surface area contributed by atoms with Crippen LogP contribution in [-0.4, -0.2) is 16.9 Å². The lowest BCUT2D eigenvalue weighted by Crippen LogP contribution is -2.16. The number of thiophene rings is 1.